The fourth-order valence-electron chi connectivity index (χ4n) is 1.71. The van der Waals surface area contributed by atoms with Crippen molar-refractivity contribution in [1.82, 2.24) is 9.71 Å². The number of carbonyl (C=O) groups is 1. The number of rotatable bonds is 6. The lowest BCUT2D eigenvalue weighted by Gasteiger charge is -2.16. The van der Waals surface area contributed by atoms with Gasteiger partial charge in [0.15, 0.2) is 9.90 Å². The maximum Gasteiger partial charge on any atom is 0.356 e. The van der Waals surface area contributed by atoms with Gasteiger partial charge in [0.05, 0.1) is 18.2 Å². The Kier molecular flexibility index (Phi) is 4.68. The van der Waals surface area contributed by atoms with Crippen molar-refractivity contribution in [2.24, 2.45) is 0 Å². The molecule has 112 valence electrons. The van der Waals surface area contributed by atoms with E-state index in [4.69, 9.17) is 5.11 Å². The zero-order valence-corrected chi connectivity index (χ0v) is 12.3. The molecule has 0 radical (unpaired) electrons. The first-order valence-electron chi connectivity index (χ1n) is 5.80. The van der Waals surface area contributed by atoms with Crippen molar-refractivity contribution in [2.45, 2.75) is 10.3 Å². The SMILES string of the molecule is O=C(O)c1ncsc1S(=O)(=O)NC(CO)c1ccccc1. The molecule has 2 aromatic rings. The fourth-order valence-corrected chi connectivity index (χ4v) is 4.08. The molecule has 0 aliphatic carbocycles. The molecule has 0 bridgehead atoms. The van der Waals surface area contributed by atoms with Crippen LogP contribution in [0.15, 0.2) is 40.1 Å². The Balaban J connectivity index is 2.32. The summed E-state index contributed by atoms with van der Waals surface area (Å²) in [4.78, 5) is 14.5. The first-order chi connectivity index (χ1) is 9.95. The molecule has 0 saturated heterocycles. The summed E-state index contributed by atoms with van der Waals surface area (Å²) >= 11 is 0.708. The van der Waals surface area contributed by atoms with E-state index in [2.05, 4.69) is 9.71 Å². The summed E-state index contributed by atoms with van der Waals surface area (Å²) in [6.07, 6.45) is 0. The Labute approximate surface area is 125 Å². The molecule has 9 heteroatoms. The molecule has 0 aliphatic rings. The van der Waals surface area contributed by atoms with Crippen molar-refractivity contribution >= 4 is 27.3 Å². The molecule has 1 aromatic carbocycles. The number of hydrogen-bond donors (Lipinski definition) is 3. The summed E-state index contributed by atoms with van der Waals surface area (Å²) in [5.41, 5.74) is 1.19. The quantitative estimate of drug-likeness (QED) is 0.724. The number of aliphatic hydroxyl groups is 1. The molecule has 0 saturated carbocycles. The third kappa shape index (κ3) is 3.45. The summed E-state index contributed by atoms with van der Waals surface area (Å²) < 4.78 is 26.4. The molecule has 3 N–H and O–H groups in total. The molecule has 21 heavy (non-hydrogen) atoms. The highest BCUT2D eigenvalue weighted by Gasteiger charge is 2.28. The number of thiazole rings is 1. The Hall–Kier alpha value is -1.81. The topological polar surface area (TPSA) is 117 Å². The highest BCUT2D eigenvalue weighted by atomic mass is 32.2. The summed E-state index contributed by atoms with van der Waals surface area (Å²) in [6.45, 7) is -0.454. The second kappa shape index (κ2) is 6.31. The van der Waals surface area contributed by atoms with Crippen LogP contribution in [0.5, 0.6) is 0 Å². The number of aromatic carboxylic acids is 1. The number of aliphatic hydroxyl groups excluding tert-OH is 1. The maximum atomic E-state index is 12.2. The Morgan fingerprint density at radius 2 is 2.00 bits per heavy atom. The van der Waals surface area contributed by atoms with E-state index in [1.54, 1.807) is 30.3 Å². The molecule has 1 unspecified atom stereocenters. The van der Waals surface area contributed by atoms with E-state index in [1.165, 1.54) is 0 Å². The molecule has 1 aromatic heterocycles. The predicted octanol–water partition coefficient (Wildman–Crippen LogP) is 0.853. The van der Waals surface area contributed by atoms with Crippen molar-refractivity contribution in [3.63, 3.8) is 0 Å². The molecular formula is C12H12N2O5S2. The van der Waals surface area contributed by atoms with E-state index in [0.717, 1.165) is 5.51 Å². The molecule has 0 amide bonds. The highest BCUT2D eigenvalue weighted by Crippen LogP contribution is 2.23. The fraction of sp³-hybridized carbons (Fsp3) is 0.167. The van der Waals surface area contributed by atoms with Gasteiger partial charge in [-0.1, -0.05) is 30.3 Å². The van der Waals surface area contributed by atoms with Crippen LogP contribution < -0.4 is 4.72 Å². The third-order valence-electron chi connectivity index (χ3n) is 2.66. The predicted molar refractivity (Wildman–Crippen MR) is 75.7 cm³/mol. The zero-order valence-electron chi connectivity index (χ0n) is 10.6. The van der Waals surface area contributed by atoms with E-state index in [0.29, 0.717) is 16.9 Å². The van der Waals surface area contributed by atoms with Crippen LogP contribution in [0.25, 0.3) is 0 Å². The smallest absolute Gasteiger partial charge is 0.356 e. The van der Waals surface area contributed by atoms with E-state index in [9.17, 15) is 18.3 Å². The van der Waals surface area contributed by atoms with Crippen LogP contribution in [0.1, 0.15) is 22.1 Å². The number of aromatic nitrogens is 1. The van der Waals surface area contributed by atoms with Crippen LogP contribution in [0.2, 0.25) is 0 Å². The van der Waals surface area contributed by atoms with Gasteiger partial charge in [0.2, 0.25) is 0 Å². The lowest BCUT2D eigenvalue weighted by molar-refractivity contribution is 0.0687. The Morgan fingerprint density at radius 1 is 1.33 bits per heavy atom. The van der Waals surface area contributed by atoms with Gasteiger partial charge in [-0.05, 0) is 5.56 Å². The lowest BCUT2D eigenvalue weighted by atomic mass is 10.1. The molecule has 0 aliphatic heterocycles. The molecule has 0 spiro atoms. The number of carboxylic acid groups (broad SMARTS) is 1. The summed E-state index contributed by atoms with van der Waals surface area (Å²) in [6, 6.07) is 7.64. The third-order valence-corrected chi connectivity index (χ3v) is 5.50. The molecule has 1 atom stereocenters. The van der Waals surface area contributed by atoms with Crippen LogP contribution in [0.3, 0.4) is 0 Å². The van der Waals surface area contributed by atoms with E-state index >= 15 is 0 Å². The summed E-state index contributed by atoms with van der Waals surface area (Å²) in [5, 5.41) is 18.3. The molecule has 0 fully saturated rings. The number of nitrogens with zero attached hydrogens (tertiary/aromatic N) is 1. The Bertz CT molecular complexity index is 727. The Morgan fingerprint density at radius 3 is 2.57 bits per heavy atom. The average Bonchev–Trinajstić information content (AvgIpc) is 2.96. The molecule has 7 nitrogen and oxygen atoms in total. The normalized spacial score (nSPS) is 13.0. The van der Waals surface area contributed by atoms with Gasteiger partial charge in [-0.3, -0.25) is 0 Å². The summed E-state index contributed by atoms with van der Waals surface area (Å²) in [5.74, 6) is -1.42. The van der Waals surface area contributed by atoms with Gasteiger partial charge in [-0.25, -0.2) is 22.9 Å². The van der Waals surface area contributed by atoms with Crippen molar-refractivity contribution in [3.05, 3.63) is 47.1 Å². The van der Waals surface area contributed by atoms with E-state index in [-0.39, 0.29) is 4.21 Å². The molecule has 2 rings (SSSR count). The monoisotopic (exact) mass is 328 g/mol. The van der Waals surface area contributed by atoms with Crippen LogP contribution in [0.4, 0.5) is 0 Å². The number of nitrogens with one attached hydrogen (secondary N) is 1. The lowest BCUT2D eigenvalue weighted by Crippen LogP contribution is -2.31. The largest absolute Gasteiger partial charge is 0.476 e. The number of carboxylic acids is 1. The van der Waals surface area contributed by atoms with E-state index < -0.39 is 34.3 Å². The standard InChI is InChI=1S/C12H12N2O5S2/c15-6-9(8-4-2-1-3-5-8)14-21(18,19)12-10(11(16)17)13-7-20-12/h1-5,7,9,14-15H,6H2,(H,16,17). The van der Waals surface area contributed by atoms with Crippen LogP contribution in [0, 0.1) is 0 Å². The van der Waals surface area contributed by atoms with Gasteiger partial charge in [0.25, 0.3) is 10.0 Å². The van der Waals surface area contributed by atoms with Gasteiger partial charge in [-0.2, -0.15) is 0 Å². The minimum absolute atomic E-state index is 0.385. The van der Waals surface area contributed by atoms with Crippen LogP contribution in [-0.4, -0.2) is 36.2 Å². The van der Waals surface area contributed by atoms with Crippen molar-refractivity contribution < 1.29 is 23.4 Å². The maximum absolute atomic E-state index is 12.2. The van der Waals surface area contributed by atoms with Gasteiger partial charge in [0.1, 0.15) is 0 Å². The van der Waals surface area contributed by atoms with Gasteiger partial charge < -0.3 is 10.2 Å². The highest BCUT2D eigenvalue weighted by molar-refractivity contribution is 7.91. The first-order valence-corrected chi connectivity index (χ1v) is 8.17. The van der Waals surface area contributed by atoms with E-state index in [1.807, 2.05) is 0 Å². The van der Waals surface area contributed by atoms with Crippen LogP contribution in [-0.2, 0) is 10.0 Å². The van der Waals surface area contributed by atoms with Gasteiger partial charge in [0, 0.05) is 0 Å². The second-order valence-corrected chi connectivity index (χ2v) is 6.82. The van der Waals surface area contributed by atoms with Gasteiger partial charge >= 0.3 is 5.97 Å². The van der Waals surface area contributed by atoms with Crippen molar-refractivity contribution in [3.8, 4) is 0 Å². The average molecular weight is 328 g/mol. The number of benzene rings is 1. The first kappa shape index (κ1) is 15.6. The molecular weight excluding hydrogens is 316 g/mol. The van der Waals surface area contributed by atoms with Gasteiger partial charge in [-0.15, -0.1) is 11.3 Å². The zero-order chi connectivity index (χ0) is 15.5. The minimum atomic E-state index is -4.09. The number of hydrogen-bond acceptors (Lipinski definition) is 6. The van der Waals surface area contributed by atoms with Crippen molar-refractivity contribution in [1.29, 1.82) is 0 Å². The van der Waals surface area contributed by atoms with Crippen molar-refractivity contribution in [2.75, 3.05) is 6.61 Å². The second-order valence-electron chi connectivity index (χ2n) is 4.06. The number of sulfonamides is 1. The van der Waals surface area contributed by atoms with Crippen LogP contribution >= 0.6 is 11.3 Å². The molecule has 1 heterocycles. The minimum Gasteiger partial charge on any atom is -0.476 e. The summed E-state index contributed by atoms with van der Waals surface area (Å²) in [7, 11) is -4.09.